The highest BCUT2D eigenvalue weighted by Gasteiger charge is 2.12. The quantitative estimate of drug-likeness (QED) is 0.628. The van der Waals surface area contributed by atoms with Gasteiger partial charge in [0.2, 0.25) is 5.91 Å². The van der Waals surface area contributed by atoms with Crippen molar-refractivity contribution >= 4 is 17.7 Å². The number of thioether (sulfide) groups is 1. The predicted octanol–water partition coefficient (Wildman–Crippen LogP) is -0.219. The van der Waals surface area contributed by atoms with Crippen LogP contribution in [-0.4, -0.2) is 49.0 Å². The average Bonchev–Trinajstić information content (AvgIpc) is 2.06. The number of hydrogen-bond acceptors (Lipinski definition) is 3. The van der Waals surface area contributed by atoms with Crippen LogP contribution in [0.3, 0.4) is 0 Å². The summed E-state index contributed by atoms with van der Waals surface area (Å²) in [6, 6.07) is 0. The molecule has 0 aromatic rings. The first-order chi connectivity index (χ1) is 5.33. The summed E-state index contributed by atoms with van der Waals surface area (Å²) >= 11 is 1.96. The van der Waals surface area contributed by atoms with Crippen LogP contribution < -0.4 is 5.32 Å². The number of amides is 1. The minimum atomic E-state index is 0.122. The minimum Gasteiger partial charge on any atom is -0.358 e. The van der Waals surface area contributed by atoms with Crippen LogP contribution in [0.1, 0.15) is 0 Å². The van der Waals surface area contributed by atoms with Gasteiger partial charge in [0.25, 0.3) is 0 Å². The second-order valence-corrected chi connectivity index (χ2v) is 3.79. The Kier molecular flexibility index (Phi) is 3.72. The summed E-state index contributed by atoms with van der Waals surface area (Å²) in [5.41, 5.74) is 0. The summed E-state index contributed by atoms with van der Waals surface area (Å²) in [7, 11) is 1.68. The van der Waals surface area contributed by atoms with E-state index in [0.717, 1.165) is 24.6 Å². The van der Waals surface area contributed by atoms with E-state index in [1.165, 1.54) is 0 Å². The van der Waals surface area contributed by atoms with Crippen molar-refractivity contribution in [3.63, 3.8) is 0 Å². The van der Waals surface area contributed by atoms with Crippen molar-refractivity contribution in [2.45, 2.75) is 0 Å². The molecule has 1 N–H and O–H groups in total. The van der Waals surface area contributed by atoms with E-state index >= 15 is 0 Å². The lowest BCUT2D eigenvalue weighted by atomic mass is 10.4. The van der Waals surface area contributed by atoms with E-state index in [1.807, 2.05) is 11.8 Å². The molecule has 0 radical (unpaired) electrons. The van der Waals surface area contributed by atoms with Crippen molar-refractivity contribution in [2.75, 3.05) is 38.2 Å². The zero-order valence-electron chi connectivity index (χ0n) is 6.80. The Labute approximate surface area is 71.5 Å². The monoisotopic (exact) mass is 174 g/mol. The molecule has 64 valence electrons. The topological polar surface area (TPSA) is 32.3 Å². The maximum absolute atomic E-state index is 10.9. The number of hydrogen-bond donors (Lipinski definition) is 1. The molecule has 4 heteroatoms. The van der Waals surface area contributed by atoms with Gasteiger partial charge in [-0.05, 0) is 0 Å². The number of likely N-dealkylation sites (N-methyl/N-ethyl adjacent to an activating group) is 1. The SMILES string of the molecule is CNC(=O)CN1CCSCC1. The summed E-state index contributed by atoms with van der Waals surface area (Å²) < 4.78 is 0. The zero-order chi connectivity index (χ0) is 8.10. The van der Waals surface area contributed by atoms with Gasteiger partial charge in [-0.25, -0.2) is 0 Å². The third-order valence-electron chi connectivity index (χ3n) is 1.75. The van der Waals surface area contributed by atoms with Gasteiger partial charge >= 0.3 is 0 Å². The molecule has 3 nitrogen and oxygen atoms in total. The van der Waals surface area contributed by atoms with Crippen LogP contribution in [0.4, 0.5) is 0 Å². The largest absolute Gasteiger partial charge is 0.358 e. The molecule has 1 saturated heterocycles. The molecule has 0 saturated carbocycles. The van der Waals surface area contributed by atoms with E-state index in [0.29, 0.717) is 6.54 Å². The Balaban J connectivity index is 2.19. The maximum Gasteiger partial charge on any atom is 0.233 e. The highest BCUT2D eigenvalue weighted by Crippen LogP contribution is 2.07. The van der Waals surface area contributed by atoms with E-state index in [1.54, 1.807) is 7.05 Å². The molecule has 0 bridgehead atoms. The maximum atomic E-state index is 10.9. The lowest BCUT2D eigenvalue weighted by molar-refractivity contribution is -0.121. The number of carbonyl (C=O) groups is 1. The molecule has 0 unspecified atom stereocenters. The first-order valence-electron chi connectivity index (χ1n) is 3.83. The van der Waals surface area contributed by atoms with Crippen molar-refractivity contribution in [1.82, 2.24) is 10.2 Å². The van der Waals surface area contributed by atoms with Crippen molar-refractivity contribution in [2.24, 2.45) is 0 Å². The van der Waals surface area contributed by atoms with E-state index < -0.39 is 0 Å². The van der Waals surface area contributed by atoms with Gasteiger partial charge in [0, 0.05) is 31.6 Å². The van der Waals surface area contributed by atoms with Gasteiger partial charge in [-0.15, -0.1) is 0 Å². The molecule has 1 heterocycles. The summed E-state index contributed by atoms with van der Waals surface area (Å²) in [5, 5.41) is 2.62. The molecular weight excluding hydrogens is 160 g/mol. The van der Waals surface area contributed by atoms with Crippen molar-refractivity contribution in [3.8, 4) is 0 Å². The van der Waals surface area contributed by atoms with E-state index in [9.17, 15) is 4.79 Å². The fourth-order valence-electron chi connectivity index (χ4n) is 1.04. The third-order valence-corrected chi connectivity index (χ3v) is 2.69. The second-order valence-electron chi connectivity index (χ2n) is 2.56. The van der Waals surface area contributed by atoms with Crippen LogP contribution in [0, 0.1) is 0 Å². The van der Waals surface area contributed by atoms with Gasteiger partial charge in [-0.3, -0.25) is 9.69 Å². The van der Waals surface area contributed by atoms with Crippen LogP contribution in [0.5, 0.6) is 0 Å². The highest BCUT2D eigenvalue weighted by molar-refractivity contribution is 7.99. The Hall–Kier alpha value is -0.220. The van der Waals surface area contributed by atoms with Crippen molar-refractivity contribution in [3.05, 3.63) is 0 Å². The predicted molar refractivity (Wildman–Crippen MR) is 47.8 cm³/mol. The molecule has 1 amide bonds. The Morgan fingerprint density at radius 1 is 1.55 bits per heavy atom. The van der Waals surface area contributed by atoms with Crippen molar-refractivity contribution in [1.29, 1.82) is 0 Å². The van der Waals surface area contributed by atoms with Gasteiger partial charge < -0.3 is 5.32 Å². The van der Waals surface area contributed by atoms with Crippen LogP contribution in [0.25, 0.3) is 0 Å². The molecule has 1 aliphatic heterocycles. The lowest BCUT2D eigenvalue weighted by Crippen LogP contribution is -2.40. The summed E-state index contributed by atoms with van der Waals surface area (Å²) in [6.45, 7) is 2.67. The molecule has 11 heavy (non-hydrogen) atoms. The molecule has 0 aromatic carbocycles. The molecule has 0 atom stereocenters. The molecule has 1 fully saturated rings. The number of rotatable bonds is 2. The fraction of sp³-hybridized carbons (Fsp3) is 0.857. The lowest BCUT2D eigenvalue weighted by Gasteiger charge is -2.24. The smallest absolute Gasteiger partial charge is 0.233 e. The van der Waals surface area contributed by atoms with Crippen LogP contribution in [-0.2, 0) is 4.79 Å². The van der Waals surface area contributed by atoms with Crippen LogP contribution in [0.2, 0.25) is 0 Å². The Morgan fingerprint density at radius 2 is 2.18 bits per heavy atom. The number of nitrogens with zero attached hydrogens (tertiary/aromatic N) is 1. The van der Waals surface area contributed by atoms with E-state index in [-0.39, 0.29) is 5.91 Å². The first-order valence-corrected chi connectivity index (χ1v) is 4.99. The van der Waals surface area contributed by atoms with Gasteiger partial charge in [0.1, 0.15) is 0 Å². The molecule has 1 aliphatic rings. The minimum absolute atomic E-state index is 0.122. The Bertz CT molecular complexity index is 134. The highest BCUT2D eigenvalue weighted by atomic mass is 32.2. The van der Waals surface area contributed by atoms with Crippen LogP contribution in [0.15, 0.2) is 0 Å². The fourth-order valence-corrected chi connectivity index (χ4v) is 2.02. The van der Waals surface area contributed by atoms with Gasteiger partial charge in [0.05, 0.1) is 6.54 Å². The normalized spacial score (nSPS) is 19.7. The van der Waals surface area contributed by atoms with E-state index in [2.05, 4.69) is 10.2 Å². The summed E-state index contributed by atoms with van der Waals surface area (Å²) in [5.74, 6) is 2.45. The van der Waals surface area contributed by atoms with Crippen LogP contribution >= 0.6 is 11.8 Å². The standard InChI is InChI=1S/C7H14N2OS/c1-8-7(10)6-9-2-4-11-5-3-9/h2-6H2,1H3,(H,8,10). The van der Waals surface area contributed by atoms with Crippen molar-refractivity contribution < 1.29 is 4.79 Å². The molecule has 0 aliphatic carbocycles. The number of carbonyl (C=O) groups excluding carboxylic acids is 1. The summed E-state index contributed by atoms with van der Waals surface area (Å²) in [6.07, 6.45) is 0. The average molecular weight is 174 g/mol. The first kappa shape index (κ1) is 8.87. The number of nitrogens with one attached hydrogen (secondary N) is 1. The molecule has 1 rings (SSSR count). The molecule has 0 aromatic heterocycles. The van der Waals surface area contributed by atoms with Gasteiger partial charge in [-0.1, -0.05) is 0 Å². The van der Waals surface area contributed by atoms with Gasteiger partial charge in [-0.2, -0.15) is 11.8 Å². The molecular formula is C7H14N2OS. The Morgan fingerprint density at radius 3 is 2.73 bits per heavy atom. The third kappa shape index (κ3) is 3.12. The summed E-state index contributed by atoms with van der Waals surface area (Å²) in [4.78, 5) is 13.1. The second kappa shape index (κ2) is 4.62. The zero-order valence-corrected chi connectivity index (χ0v) is 7.62. The van der Waals surface area contributed by atoms with E-state index in [4.69, 9.17) is 0 Å². The molecule has 0 spiro atoms. The van der Waals surface area contributed by atoms with Gasteiger partial charge in [0.15, 0.2) is 0 Å².